The molecule has 3 amide bonds. The minimum Gasteiger partial charge on any atom is -0.322 e. The first-order valence-corrected chi connectivity index (χ1v) is 11.0. The molecule has 1 N–H and O–H groups in total. The molecule has 5 aliphatic rings. The maximum atomic E-state index is 13.3. The molecule has 7 rings (SSSR count). The number of nitrogens with one attached hydrogen (secondary N) is 1. The van der Waals surface area contributed by atoms with Gasteiger partial charge in [-0.1, -0.05) is 18.2 Å². The maximum Gasteiger partial charge on any atom is 0.255 e. The van der Waals surface area contributed by atoms with E-state index in [-0.39, 0.29) is 47.2 Å². The van der Waals surface area contributed by atoms with E-state index in [1.807, 2.05) is 0 Å². The van der Waals surface area contributed by atoms with Crippen molar-refractivity contribution < 1.29 is 19.2 Å². The summed E-state index contributed by atoms with van der Waals surface area (Å²) < 4.78 is 0. The van der Waals surface area contributed by atoms with Gasteiger partial charge in [0.15, 0.2) is 5.78 Å². The number of carbonyl (C=O) groups excluding carboxylic acids is 4. The molecule has 2 saturated carbocycles. The molecule has 0 spiro atoms. The van der Waals surface area contributed by atoms with Crippen molar-refractivity contribution >= 4 is 34.9 Å². The van der Waals surface area contributed by atoms with Gasteiger partial charge in [-0.05, 0) is 79.5 Å². The summed E-state index contributed by atoms with van der Waals surface area (Å²) in [6, 6.07) is 13.3. The van der Waals surface area contributed by atoms with Gasteiger partial charge in [0, 0.05) is 16.8 Å². The zero-order chi connectivity index (χ0) is 22.1. The monoisotopic (exact) mass is 426 g/mol. The zero-order valence-corrected chi connectivity index (χ0v) is 17.5. The van der Waals surface area contributed by atoms with Crippen LogP contribution < -0.4 is 10.2 Å². The minimum atomic E-state index is -0.345. The van der Waals surface area contributed by atoms with E-state index in [0.29, 0.717) is 34.3 Å². The highest BCUT2D eigenvalue weighted by molar-refractivity contribution is 6.23. The quantitative estimate of drug-likeness (QED) is 0.459. The van der Waals surface area contributed by atoms with Crippen LogP contribution in [0.5, 0.6) is 0 Å². The Morgan fingerprint density at radius 3 is 2.09 bits per heavy atom. The van der Waals surface area contributed by atoms with Gasteiger partial charge in [-0.15, -0.1) is 0 Å². The van der Waals surface area contributed by atoms with Gasteiger partial charge in [0.25, 0.3) is 5.91 Å². The van der Waals surface area contributed by atoms with Crippen molar-refractivity contribution in [3.05, 3.63) is 71.8 Å². The number of amides is 3. The molecule has 4 aliphatic carbocycles. The summed E-state index contributed by atoms with van der Waals surface area (Å²) in [6.07, 6.45) is 5.42. The number of carbonyl (C=O) groups is 4. The molecule has 1 aliphatic heterocycles. The molecular weight excluding hydrogens is 404 g/mol. The number of rotatable bonds is 4. The van der Waals surface area contributed by atoms with E-state index in [1.54, 1.807) is 48.5 Å². The number of ketones is 1. The fourth-order valence-electron chi connectivity index (χ4n) is 5.99. The van der Waals surface area contributed by atoms with Crippen molar-refractivity contribution in [3.8, 4) is 0 Å². The Morgan fingerprint density at radius 1 is 0.875 bits per heavy atom. The fraction of sp³-hybridized carbons (Fsp3) is 0.308. The van der Waals surface area contributed by atoms with Crippen LogP contribution in [-0.4, -0.2) is 23.5 Å². The van der Waals surface area contributed by atoms with Gasteiger partial charge in [-0.25, -0.2) is 4.90 Å². The average molecular weight is 426 g/mol. The van der Waals surface area contributed by atoms with Crippen molar-refractivity contribution in [2.45, 2.75) is 13.3 Å². The molecule has 6 heteroatoms. The predicted molar refractivity (Wildman–Crippen MR) is 118 cm³/mol. The van der Waals surface area contributed by atoms with Gasteiger partial charge in [-0.3, -0.25) is 19.2 Å². The third-order valence-electron chi connectivity index (χ3n) is 7.58. The smallest absolute Gasteiger partial charge is 0.255 e. The molecule has 2 aromatic carbocycles. The Kier molecular flexibility index (Phi) is 4.03. The molecular formula is C26H22N2O4. The van der Waals surface area contributed by atoms with Crippen molar-refractivity contribution in [1.29, 1.82) is 0 Å². The summed E-state index contributed by atoms with van der Waals surface area (Å²) >= 11 is 0. The maximum absolute atomic E-state index is 13.3. The van der Waals surface area contributed by atoms with E-state index in [4.69, 9.17) is 0 Å². The van der Waals surface area contributed by atoms with Gasteiger partial charge in [-0.2, -0.15) is 0 Å². The second-order valence-electron chi connectivity index (χ2n) is 9.30. The second-order valence-corrected chi connectivity index (χ2v) is 9.30. The lowest BCUT2D eigenvalue weighted by Crippen LogP contribution is -2.40. The third-order valence-corrected chi connectivity index (χ3v) is 7.58. The highest BCUT2D eigenvalue weighted by atomic mass is 16.2. The fourth-order valence-corrected chi connectivity index (χ4v) is 5.99. The highest BCUT2D eigenvalue weighted by Gasteiger charge is 2.67. The number of hydrogen-bond acceptors (Lipinski definition) is 4. The van der Waals surface area contributed by atoms with E-state index >= 15 is 0 Å². The number of benzene rings is 2. The van der Waals surface area contributed by atoms with E-state index in [2.05, 4.69) is 17.5 Å². The van der Waals surface area contributed by atoms with Crippen molar-refractivity contribution in [2.24, 2.45) is 35.5 Å². The van der Waals surface area contributed by atoms with Gasteiger partial charge >= 0.3 is 0 Å². The van der Waals surface area contributed by atoms with Crippen LogP contribution in [0.3, 0.4) is 0 Å². The van der Waals surface area contributed by atoms with Crippen LogP contribution in [-0.2, 0) is 9.59 Å². The third kappa shape index (κ3) is 2.72. The first kappa shape index (κ1) is 19.2. The van der Waals surface area contributed by atoms with Gasteiger partial charge < -0.3 is 5.32 Å². The number of allylic oxidation sites excluding steroid dienone is 2. The molecule has 32 heavy (non-hydrogen) atoms. The molecule has 3 fully saturated rings. The molecule has 6 atom stereocenters. The lowest BCUT2D eigenvalue weighted by molar-refractivity contribution is -0.124. The lowest BCUT2D eigenvalue weighted by atomic mass is 9.63. The number of Topliss-reactive ketones (excluding diaryl/α,β-unsaturated/α-hetero) is 1. The first-order valence-electron chi connectivity index (χ1n) is 11.0. The lowest BCUT2D eigenvalue weighted by Gasteiger charge is -2.37. The van der Waals surface area contributed by atoms with Crippen molar-refractivity contribution in [3.63, 3.8) is 0 Å². The van der Waals surface area contributed by atoms with Crippen LogP contribution in [0, 0.1) is 35.5 Å². The standard InChI is InChI=1S/C26H22N2O4/c1-13(29)14-5-7-16(8-6-14)27-24(30)15-3-2-4-17(11-15)28-25(31)22-18-9-10-19(21-12-20(18)21)23(22)26(28)32/h2-11,18-23H,12H2,1H3,(H,27,30)/t18-,19-,20-,21-,22-,23+/m1/s1. The van der Waals surface area contributed by atoms with Crippen LogP contribution >= 0.6 is 0 Å². The van der Waals surface area contributed by atoms with Crippen LogP contribution in [0.1, 0.15) is 34.1 Å². The second kappa shape index (κ2) is 6.73. The van der Waals surface area contributed by atoms with Gasteiger partial charge in [0.05, 0.1) is 17.5 Å². The number of nitrogens with zero attached hydrogens (tertiary/aromatic N) is 1. The summed E-state index contributed by atoms with van der Waals surface area (Å²) in [6.45, 7) is 1.49. The van der Waals surface area contributed by atoms with E-state index < -0.39 is 0 Å². The molecule has 1 saturated heterocycles. The number of anilines is 2. The SMILES string of the molecule is CC(=O)c1ccc(NC(=O)c2cccc(N3C(=O)[C@@H]4[C@@H]5C=C[C@H]([C@H]6C[C@H]56)[C@@H]4C3=O)c2)cc1. The molecule has 2 bridgehead atoms. The molecule has 0 aromatic heterocycles. The summed E-state index contributed by atoms with van der Waals surface area (Å²) in [7, 11) is 0. The molecule has 0 unspecified atom stereocenters. The van der Waals surface area contributed by atoms with Crippen LogP contribution in [0.4, 0.5) is 11.4 Å². The number of imide groups is 1. The first-order chi connectivity index (χ1) is 15.4. The predicted octanol–water partition coefficient (Wildman–Crippen LogP) is 3.70. The Balaban J connectivity index is 1.25. The van der Waals surface area contributed by atoms with Gasteiger partial charge in [0.2, 0.25) is 11.8 Å². The molecule has 6 nitrogen and oxygen atoms in total. The summed E-state index contributed by atoms with van der Waals surface area (Å²) in [5.41, 5.74) is 1.94. The molecule has 160 valence electrons. The van der Waals surface area contributed by atoms with E-state index in [1.165, 1.54) is 11.8 Å². The minimum absolute atomic E-state index is 0.0444. The normalized spacial score (nSPS) is 31.3. The van der Waals surface area contributed by atoms with Crippen LogP contribution in [0.2, 0.25) is 0 Å². The summed E-state index contributed by atoms with van der Waals surface area (Å²) in [5, 5.41) is 2.80. The Morgan fingerprint density at radius 2 is 1.50 bits per heavy atom. The number of hydrogen-bond donors (Lipinski definition) is 1. The molecule has 1 heterocycles. The van der Waals surface area contributed by atoms with Crippen LogP contribution in [0.15, 0.2) is 60.7 Å². The van der Waals surface area contributed by atoms with Crippen molar-refractivity contribution in [1.82, 2.24) is 0 Å². The largest absolute Gasteiger partial charge is 0.322 e. The average Bonchev–Trinajstić information content (AvgIpc) is 3.57. The Bertz CT molecular complexity index is 1180. The zero-order valence-electron chi connectivity index (χ0n) is 17.5. The van der Waals surface area contributed by atoms with E-state index in [9.17, 15) is 19.2 Å². The highest BCUT2D eigenvalue weighted by Crippen LogP contribution is 2.65. The Labute approximate surface area is 185 Å². The topological polar surface area (TPSA) is 83.6 Å². The van der Waals surface area contributed by atoms with Crippen molar-refractivity contribution in [2.75, 3.05) is 10.2 Å². The molecule has 0 radical (unpaired) electrons. The van der Waals surface area contributed by atoms with Gasteiger partial charge in [0.1, 0.15) is 0 Å². The summed E-state index contributed by atoms with van der Waals surface area (Å²) in [5.74, 6) is 0.242. The van der Waals surface area contributed by atoms with E-state index in [0.717, 1.165) is 6.42 Å². The summed E-state index contributed by atoms with van der Waals surface area (Å²) in [4.78, 5) is 52.1. The Hall–Kier alpha value is -3.54. The molecule has 2 aromatic rings. The van der Waals surface area contributed by atoms with Crippen LogP contribution in [0.25, 0.3) is 0 Å².